The van der Waals surface area contributed by atoms with Crippen LogP contribution in [0.25, 0.3) is 0 Å². The second kappa shape index (κ2) is 9.19. The summed E-state index contributed by atoms with van der Waals surface area (Å²) in [7, 11) is 0. The maximum Gasteiger partial charge on any atom is 0.277 e. The Morgan fingerprint density at radius 1 is 0.857 bits per heavy atom. The molecule has 3 rings (SSSR count). The Bertz CT molecular complexity index is 983. The van der Waals surface area contributed by atoms with Gasteiger partial charge >= 0.3 is 0 Å². The van der Waals surface area contributed by atoms with Crippen LogP contribution in [0.15, 0.2) is 72.8 Å². The molecule has 3 aromatic rings. The van der Waals surface area contributed by atoms with Crippen LogP contribution in [0.4, 0.5) is 5.69 Å². The van der Waals surface area contributed by atoms with Gasteiger partial charge in [-0.05, 0) is 17.2 Å². The van der Waals surface area contributed by atoms with E-state index in [0.717, 1.165) is 11.1 Å². The van der Waals surface area contributed by atoms with Gasteiger partial charge in [0.25, 0.3) is 5.69 Å². The number of nitro benzene ring substituents is 1. The van der Waals surface area contributed by atoms with Crippen LogP contribution in [0.5, 0.6) is 11.5 Å². The molecule has 0 N–H and O–H groups in total. The topological polar surface area (TPSA) is 85.4 Å². The molecule has 6 nitrogen and oxygen atoms in total. The summed E-state index contributed by atoms with van der Waals surface area (Å²) < 4.78 is 11.7. The van der Waals surface area contributed by atoms with Gasteiger partial charge in [-0.1, -0.05) is 60.7 Å². The van der Waals surface area contributed by atoms with Gasteiger partial charge in [0.1, 0.15) is 13.2 Å². The van der Waals surface area contributed by atoms with Gasteiger partial charge in [-0.15, -0.1) is 0 Å². The van der Waals surface area contributed by atoms with E-state index in [1.165, 1.54) is 12.1 Å². The molecule has 28 heavy (non-hydrogen) atoms. The molecule has 0 bridgehead atoms. The van der Waals surface area contributed by atoms with Crippen molar-refractivity contribution in [3.63, 3.8) is 0 Å². The first-order valence-electron chi connectivity index (χ1n) is 8.69. The SMILES string of the molecule is N#CCc1cc(OCc2ccccc2)c(OCc2ccccc2)cc1[N+](=O)[O-]. The fourth-order valence-corrected chi connectivity index (χ4v) is 2.68. The Hall–Kier alpha value is -3.85. The van der Waals surface area contributed by atoms with Crippen LogP contribution in [0.2, 0.25) is 0 Å². The highest BCUT2D eigenvalue weighted by Gasteiger charge is 2.20. The number of hydrogen-bond donors (Lipinski definition) is 0. The third-order valence-corrected chi connectivity index (χ3v) is 4.09. The lowest BCUT2D eigenvalue weighted by molar-refractivity contribution is -0.385. The zero-order valence-corrected chi connectivity index (χ0v) is 15.1. The van der Waals surface area contributed by atoms with Gasteiger partial charge in [0.15, 0.2) is 11.5 Å². The summed E-state index contributed by atoms with van der Waals surface area (Å²) in [6.45, 7) is 0.531. The van der Waals surface area contributed by atoms with Crippen LogP contribution in [0.1, 0.15) is 16.7 Å². The molecule has 0 aliphatic heterocycles. The van der Waals surface area contributed by atoms with E-state index in [-0.39, 0.29) is 31.1 Å². The van der Waals surface area contributed by atoms with Crippen LogP contribution in [0.3, 0.4) is 0 Å². The molecule has 3 aromatic carbocycles. The van der Waals surface area contributed by atoms with E-state index in [1.807, 2.05) is 66.7 Å². The fourth-order valence-electron chi connectivity index (χ4n) is 2.68. The highest BCUT2D eigenvalue weighted by molar-refractivity contribution is 5.55. The minimum atomic E-state index is -0.511. The van der Waals surface area contributed by atoms with Crippen LogP contribution in [-0.2, 0) is 19.6 Å². The summed E-state index contributed by atoms with van der Waals surface area (Å²) in [4.78, 5) is 10.9. The van der Waals surface area contributed by atoms with Gasteiger partial charge in [0.05, 0.1) is 23.5 Å². The van der Waals surface area contributed by atoms with E-state index >= 15 is 0 Å². The van der Waals surface area contributed by atoms with E-state index in [4.69, 9.17) is 14.7 Å². The first-order chi connectivity index (χ1) is 13.7. The van der Waals surface area contributed by atoms with Crippen molar-refractivity contribution < 1.29 is 14.4 Å². The molecule has 0 unspecified atom stereocenters. The summed E-state index contributed by atoms with van der Waals surface area (Å²) in [5.74, 6) is 0.642. The number of nitriles is 1. The largest absolute Gasteiger partial charge is 0.485 e. The number of rotatable bonds is 8. The molecule has 0 fully saturated rings. The third-order valence-electron chi connectivity index (χ3n) is 4.09. The van der Waals surface area contributed by atoms with E-state index in [2.05, 4.69) is 0 Å². The second-order valence-electron chi connectivity index (χ2n) is 6.07. The first kappa shape index (κ1) is 18.9. The second-order valence-corrected chi connectivity index (χ2v) is 6.07. The van der Waals surface area contributed by atoms with E-state index < -0.39 is 4.92 Å². The highest BCUT2D eigenvalue weighted by Crippen LogP contribution is 2.36. The van der Waals surface area contributed by atoms with E-state index in [0.29, 0.717) is 11.3 Å². The first-order valence-corrected chi connectivity index (χ1v) is 8.69. The van der Waals surface area contributed by atoms with Crippen molar-refractivity contribution in [1.82, 2.24) is 0 Å². The minimum Gasteiger partial charge on any atom is -0.485 e. The Morgan fingerprint density at radius 3 is 1.82 bits per heavy atom. The summed E-state index contributed by atoms with van der Waals surface area (Å²) >= 11 is 0. The van der Waals surface area contributed by atoms with Gasteiger partial charge in [-0.3, -0.25) is 10.1 Å². The monoisotopic (exact) mass is 374 g/mol. The molecule has 0 amide bonds. The summed E-state index contributed by atoms with van der Waals surface area (Å²) in [6, 6.07) is 23.9. The number of hydrogen-bond acceptors (Lipinski definition) is 5. The van der Waals surface area contributed by atoms with Gasteiger partial charge in [-0.2, -0.15) is 5.26 Å². The number of ether oxygens (including phenoxy) is 2. The fraction of sp³-hybridized carbons (Fsp3) is 0.136. The lowest BCUT2D eigenvalue weighted by atomic mass is 10.1. The number of nitrogens with zero attached hydrogens (tertiary/aromatic N) is 2. The van der Waals surface area contributed by atoms with Gasteiger partial charge in [0, 0.05) is 5.56 Å². The average molecular weight is 374 g/mol. The Balaban J connectivity index is 1.90. The maximum atomic E-state index is 11.4. The molecule has 0 atom stereocenters. The molecular formula is C22H18N2O4. The molecule has 0 aromatic heterocycles. The van der Waals surface area contributed by atoms with Gasteiger partial charge in [0.2, 0.25) is 0 Å². The Labute approximate surface area is 162 Å². The molecule has 0 heterocycles. The minimum absolute atomic E-state index is 0.0863. The Morgan fingerprint density at radius 2 is 1.36 bits per heavy atom. The average Bonchev–Trinajstić information content (AvgIpc) is 2.73. The van der Waals surface area contributed by atoms with Crippen molar-refractivity contribution in [3.05, 3.63) is 99.6 Å². The van der Waals surface area contributed by atoms with Gasteiger partial charge < -0.3 is 9.47 Å². The van der Waals surface area contributed by atoms with Crippen LogP contribution < -0.4 is 9.47 Å². The van der Waals surface area contributed by atoms with Crippen molar-refractivity contribution in [2.45, 2.75) is 19.6 Å². The van der Waals surface area contributed by atoms with E-state index in [1.54, 1.807) is 0 Å². The zero-order chi connectivity index (χ0) is 19.8. The van der Waals surface area contributed by atoms with Crippen molar-refractivity contribution in [2.75, 3.05) is 0 Å². The number of benzene rings is 3. The normalized spacial score (nSPS) is 10.1. The molecule has 6 heteroatoms. The lowest BCUT2D eigenvalue weighted by Crippen LogP contribution is -2.03. The van der Waals surface area contributed by atoms with Crippen molar-refractivity contribution in [1.29, 1.82) is 5.26 Å². The maximum absolute atomic E-state index is 11.4. The molecule has 140 valence electrons. The predicted octanol–water partition coefficient (Wildman–Crippen LogP) is 4.82. The molecular weight excluding hydrogens is 356 g/mol. The smallest absolute Gasteiger partial charge is 0.277 e. The summed E-state index contributed by atoms with van der Waals surface area (Å²) in [6.07, 6.45) is -0.0863. The van der Waals surface area contributed by atoms with Crippen molar-refractivity contribution in [3.8, 4) is 17.6 Å². The molecule has 0 saturated heterocycles. The molecule has 0 saturated carbocycles. The summed E-state index contributed by atoms with van der Waals surface area (Å²) in [5.41, 5.74) is 2.02. The lowest BCUT2D eigenvalue weighted by Gasteiger charge is -2.14. The van der Waals surface area contributed by atoms with Crippen molar-refractivity contribution >= 4 is 5.69 Å². The van der Waals surface area contributed by atoms with Crippen LogP contribution in [-0.4, -0.2) is 4.92 Å². The third kappa shape index (κ3) is 4.86. The van der Waals surface area contributed by atoms with Crippen LogP contribution >= 0.6 is 0 Å². The standard InChI is InChI=1S/C22H18N2O4/c23-12-11-19-13-21(27-15-17-7-3-1-4-8-17)22(14-20(19)24(25)26)28-16-18-9-5-2-6-10-18/h1-10,13-14H,11,15-16H2. The molecule has 0 radical (unpaired) electrons. The van der Waals surface area contributed by atoms with Gasteiger partial charge in [-0.25, -0.2) is 0 Å². The Kier molecular flexibility index (Phi) is 6.21. The van der Waals surface area contributed by atoms with Crippen molar-refractivity contribution in [2.24, 2.45) is 0 Å². The quantitative estimate of drug-likeness (QED) is 0.417. The molecule has 0 spiro atoms. The molecule has 0 aliphatic rings. The molecule has 0 aliphatic carbocycles. The predicted molar refractivity (Wildman–Crippen MR) is 104 cm³/mol. The zero-order valence-electron chi connectivity index (χ0n) is 15.1. The van der Waals surface area contributed by atoms with Crippen LogP contribution in [0, 0.1) is 21.4 Å². The number of nitro groups is 1. The highest BCUT2D eigenvalue weighted by atomic mass is 16.6. The van der Waals surface area contributed by atoms with E-state index in [9.17, 15) is 10.1 Å². The summed E-state index contributed by atoms with van der Waals surface area (Å²) in [5, 5.41) is 20.4.